The lowest BCUT2D eigenvalue weighted by atomic mass is 10.2. The molecular formula is C17H14N4OS. The Bertz CT molecular complexity index is 764. The summed E-state index contributed by atoms with van der Waals surface area (Å²) in [5, 5.41) is 11.7. The summed E-state index contributed by atoms with van der Waals surface area (Å²) >= 11 is 1.57. The number of pyridine rings is 1. The van der Waals surface area contributed by atoms with E-state index in [1.165, 1.54) is 0 Å². The fraction of sp³-hybridized carbons (Fsp3) is 0.0588. The van der Waals surface area contributed by atoms with Crippen molar-refractivity contribution in [2.75, 3.05) is 5.32 Å². The average molecular weight is 322 g/mol. The third kappa shape index (κ3) is 4.37. The number of thioether (sulfide) groups is 1. The summed E-state index contributed by atoms with van der Waals surface area (Å²) in [4.78, 5) is 16.1. The Morgan fingerprint density at radius 3 is 2.57 bits per heavy atom. The number of amides is 1. The third-order valence-corrected chi connectivity index (χ3v) is 4.02. The minimum absolute atomic E-state index is 0.198. The minimum Gasteiger partial charge on any atom is -0.305 e. The third-order valence-electron chi connectivity index (χ3n) is 3.03. The molecule has 0 atom stereocenters. The predicted molar refractivity (Wildman–Crippen MR) is 90.2 cm³/mol. The molecule has 3 aromatic rings. The minimum atomic E-state index is -0.198. The highest BCUT2D eigenvalue weighted by atomic mass is 32.2. The number of benzene rings is 1. The van der Waals surface area contributed by atoms with Crippen molar-refractivity contribution in [3.8, 4) is 0 Å². The van der Waals surface area contributed by atoms with Gasteiger partial charge in [-0.05, 0) is 35.9 Å². The van der Waals surface area contributed by atoms with Crippen LogP contribution >= 0.6 is 11.8 Å². The molecule has 0 saturated heterocycles. The Hall–Kier alpha value is -2.73. The number of nitrogens with one attached hydrogen (secondary N) is 1. The molecule has 0 spiro atoms. The van der Waals surface area contributed by atoms with Gasteiger partial charge in [-0.2, -0.15) is 0 Å². The van der Waals surface area contributed by atoms with E-state index in [2.05, 4.69) is 20.5 Å². The molecule has 1 aromatic carbocycles. The molecule has 23 heavy (non-hydrogen) atoms. The van der Waals surface area contributed by atoms with Crippen LogP contribution < -0.4 is 5.32 Å². The number of anilines is 1. The summed E-state index contributed by atoms with van der Waals surface area (Å²) in [7, 11) is 0. The Kier molecular flexibility index (Phi) is 4.95. The first-order valence-corrected chi connectivity index (χ1v) is 8.02. The standard InChI is InChI=1S/C17H14N4OS/c22-17(14-6-2-1-3-7-14)19-15-8-9-16(21-20-15)23-12-13-5-4-10-18-11-13/h1-11H,12H2,(H,19,20,22). The van der Waals surface area contributed by atoms with E-state index in [1.54, 1.807) is 36.2 Å². The van der Waals surface area contributed by atoms with E-state index < -0.39 is 0 Å². The van der Waals surface area contributed by atoms with Crippen LogP contribution in [0.5, 0.6) is 0 Å². The van der Waals surface area contributed by atoms with Gasteiger partial charge >= 0.3 is 0 Å². The van der Waals surface area contributed by atoms with E-state index >= 15 is 0 Å². The second-order valence-corrected chi connectivity index (χ2v) is 5.72. The summed E-state index contributed by atoms with van der Waals surface area (Å²) in [6.07, 6.45) is 3.58. The fourth-order valence-electron chi connectivity index (χ4n) is 1.88. The van der Waals surface area contributed by atoms with E-state index in [0.29, 0.717) is 11.4 Å². The van der Waals surface area contributed by atoms with E-state index in [1.807, 2.05) is 42.6 Å². The molecule has 2 heterocycles. The van der Waals surface area contributed by atoms with Crippen LogP contribution in [0.2, 0.25) is 0 Å². The molecule has 0 fully saturated rings. The lowest BCUT2D eigenvalue weighted by molar-refractivity contribution is 0.102. The van der Waals surface area contributed by atoms with Crippen molar-refractivity contribution in [3.63, 3.8) is 0 Å². The molecule has 0 unspecified atom stereocenters. The second kappa shape index (κ2) is 7.51. The maximum absolute atomic E-state index is 12.0. The van der Waals surface area contributed by atoms with Gasteiger partial charge in [0.05, 0.1) is 0 Å². The van der Waals surface area contributed by atoms with Crippen LogP contribution in [-0.4, -0.2) is 21.1 Å². The number of rotatable bonds is 5. The summed E-state index contributed by atoms with van der Waals surface area (Å²) < 4.78 is 0. The number of nitrogens with zero attached hydrogens (tertiary/aromatic N) is 3. The highest BCUT2D eigenvalue weighted by molar-refractivity contribution is 7.98. The average Bonchev–Trinajstić information content (AvgIpc) is 2.63. The van der Waals surface area contributed by atoms with Crippen LogP contribution in [0.4, 0.5) is 5.82 Å². The topological polar surface area (TPSA) is 67.8 Å². The van der Waals surface area contributed by atoms with Gasteiger partial charge in [0, 0.05) is 23.7 Å². The van der Waals surface area contributed by atoms with Crippen LogP contribution in [0.3, 0.4) is 0 Å². The van der Waals surface area contributed by atoms with Crippen LogP contribution in [0.15, 0.2) is 72.0 Å². The molecule has 0 bridgehead atoms. The molecule has 1 N–H and O–H groups in total. The molecule has 0 aliphatic heterocycles. The van der Waals surface area contributed by atoms with Crippen LogP contribution in [0.1, 0.15) is 15.9 Å². The number of carbonyl (C=O) groups excluding carboxylic acids is 1. The first-order valence-electron chi connectivity index (χ1n) is 7.03. The quantitative estimate of drug-likeness (QED) is 0.729. The zero-order chi connectivity index (χ0) is 15.9. The zero-order valence-electron chi connectivity index (χ0n) is 12.2. The van der Waals surface area contributed by atoms with Gasteiger partial charge < -0.3 is 5.32 Å². The summed E-state index contributed by atoms with van der Waals surface area (Å²) in [5.41, 5.74) is 1.71. The number of hydrogen-bond acceptors (Lipinski definition) is 5. The predicted octanol–water partition coefficient (Wildman–Crippen LogP) is 3.42. The SMILES string of the molecule is O=C(Nc1ccc(SCc2cccnc2)nn1)c1ccccc1. The van der Waals surface area contributed by atoms with E-state index in [4.69, 9.17) is 0 Å². The second-order valence-electron chi connectivity index (χ2n) is 4.73. The molecule has 0 aliphatic carbocycles. The Morgan fingerprint density at radius 1 is 1.00 bits per heavy atom. The Morgan fingerprint density at radius 2 is 1.87 bits per heavy atom. The molecule has 114 valence electrons. The normalized spacial score (nSPS) is 10.3. The van der Waals surface area contributed by atoms with Crippen molar-refractivity contribution in [2.45, 2.75) is 10.8 Å². The molecule has 3 rings (SSSR count). The van der Waals surface area contributed by atoms with Gasteiger partial charge in [-0.15, -0.1) is 10.2 Å². The van der Waals surface area contributed by atoms with E-state index in [9.17, 15) is 4.79 Å². The van der Waals surface area contributed by atoms with Gasteiger partial charge in [-0.1, -0.05) is 36.0 Å². The zero-order valence-corrected chi connectivity index (χ0v) is 13.0. The van der Waals surface area contributed by atoms with E-state index in [-0.39, 0.29) is 5.91 Å². The smallest absolute Gasteiger partial charge is 0.256 e. The summed E-state index contributed by atoms with van der Waals surface area (Å²) in [6.45, 7) is 0. The van der Waals surface area contributed by atoms with Crippen molar-refractivity contribution >= 4 is 23.5 Å². The van der Waals surface area contributed by atoms with Gasteiger partial charge in [0.25, 0.3) is 5.91 Å². The maximum Gasteiger partial charge on any atom is 0.256 e. The van der Waals surface area contributed by atoms with Crippen molar-refractivity contribution in [3.05, 3.63) is 78.1 Å². The lowest BCUT2D eigenvalue weighted by Crippen LogP contribution is -2.13. The first-order chi connectivity index (χ1) is 11.3. The Balaban J connectivity index is 1.58. The highest BCUT2D eigenvalue weighted by Gasteiger charge is 2.06. The van der Waals surface area contributed by atoms with Crippen LogP contribution in [-0.2, 0) is 5.75 Å². The van der Waals surface area contributed by atoms with Gasteiger partial charge in [0.2, 0.25) is 0 Å². The summed E-state index contributed by atoms with van der Waals surface area (Å²) in [6, 6.07) is 16.5. The van der Waals surface area contributed by atoms with Crippen LogP contribution in [0.25, 0.3) is 0 Å². The lowest BCUT2D eigenvalue weighted by Gasteiger charge is -2.04. The van der Waals surface area contributed by atoms with Gasteiger partial charge in [0.1, 0.15) is 5.03 Å². The monoisotopic (exact) mass is 322 g/mol. The summed E-state index contributed by atoms with van der Waals surface area (Å²) in [5.74, 6) is 1.01. The first kappa shape index (κ1) is 15.2. The van der Waals surface area contributed by atoms with Gasteiger partial charge in [-0.3, -0.25) is 9.78 Å². The Labute approximate surface area is 138 Å². The van der Waals surface area contributed by atoms with Gasteiger partial charge in [0.15, 0.2) is 5.82 Å². The van der Waals surface area contributed by atoms with Crippen LogP contribution in [0, 0.1) is 0 Å². The number of hydrogen-bond donors (Lipinski definition) is 1. The molecule has 6 heteroatoms. The molecular weight excluding hydrogens is 308 g/mol. The van der Waals surface area contributed by atoms with E-state index in [0.717, 1.165) is 16.3 Å². The number of aromatic nitrogens is 3. The van der Waals surface area contributed by atoms with Crippen molar-refractivity contribution < 1.29 is 4.79 Å². The molecule has 0 saturated carbocycles. The molecule has 0 radical (unpaired) electrons. The maximum atomic E-state index is 12.0. The fourth-order valence-corrected chi connectivity index (χ4v) is 2.63. The van der Waals surface area contributed by atoms with Crippen molar-refractivity contribution in [1.29, 1.82) is 0 Å². The molecule has 1 amide bonds. The number of carbonyl (C=O) groups is 1. The largest absolute Gasteiger partial charge is 0.305 e. The highest BCUT2D eigenvalue weighted by Crippen LogP contribution is 2.20. The van der Waals surface area contributed by atoms with Crippen molar-refractivity contribution in [1.82, 2.24) is 15.2 Å². The molecule has 5 nitrogen and oxygen atoms in total. The molecule has 0 aliphatic rings. The molecule has 2 aromatic heterocycles. The van der Waals surface area contributed by atoms with Crippen molar-refractivity contribution in [2.24, 2.45) is 0 Å². The van der Waals surface area contributed by atoms with Gasteiger partial charge in [-0.25, -0.2) is 0 Å².